The van der Waals surface area contributed by atoms with Crippen LogP contribution in [0.25, 0.3) is 0 Å². The first-order valence-corrected chi connectivity index (χ1v) is 6.61. The smallest absolute Gasteiger partial charge is 0.388 e. The first kappa shape index (κ1) is 16.4. The maximum atomic E-state index is 13.5. The molecule has 1 aliphatic heterocycles. The van der Waals surface area contributed by atoms with E-state index < -0.39 is 40.7 Å². The van der Waals surface area contributed by atoms with Crippen molar-refractivity contribution in [1.29, 1.82) is 0 Å². The lowest BCUT2D eigenvalue weighted by Gasteiger charge is -2.11. The molecule has 2 aromatic rings. The van der Waals surface area contributed by atoms with Crippen molar-refractivity contribution in [2.24, 2.45) is 0 Å². The minimum absolute atomic E-state index is 0.268. The second-order valence-corrected chi connectivity index (χ2v) is 5.06. The van der Waals surface area contributed by atoms with Crippen LogP contribution in [0.15, 0.2) is 24.5 Å². The average molecular weight is 364 g/mol. The number of hydrogen-bond donors (Lipinski definition) is 2. The number of phenolic OH excluding ortho intramolecular Hbond substituents is 1. The van der Waals surface area contributed by atoms with Crippen molar-refractivity contribution in [3.8, 4) is 5.75 Å². The molecule has 0 saturated carbocycles. The zero-order valence-corrected chi connectivity index (χ0v) is 12.1. The van der Waals surface area contributed by atoms with Crippen molar-refractivity contribution in [2.45, 2.75) is 12.2 Å². The van der Waals surface area contributed by atoms with Crippen LogP contribution in [-0.4, -0.2) is 21.0 Å². The Balaban J connectivity index is 2.00. The van der Waals surface area contributed by atoms with Gasteiger partial charge in [-0.05, 0) is 12.1 Å². The maximum absolute atomic E-state index is 13.5. The van der Waals surface area contributed by atoms with Gasteiger partial charge in [0.15, 0.2) is 10.8 Å². The van der Waals surface area contributed by atoms with Crippen LogP contribution in [0.4, 0.5) is 23.2 Å². The number of aromatic nitrogens is 2. The highest BCUT2D eigenvalue weighted by Crippen LogP contribution is 2.53. The molecule has 0 radical (unpaired) electrons. The lowest BCUT2D eigenvalue weighted by atomic mass is 10.1. The first-order valence-electron chi connectivity index (χ1n) is 6.23. The standard InChI is InChI=1S/C13H6ClF4N3O3/c14-10-9(19-1-2-20-10)11(23)21-7-3-5-6(4-8(7)22)13(17,18)24-12(5,15)16/h1-4,22H,(H,21,23). The minimum Gasteiger partial charge on any atom is -0.506 e. The number of carbonyl (C=O) groups is 1. The van der Waals surface area contributed by atoms with E-state index in [-0.39, 0.29) is 10.8 Å². The number of halogens is 5. The fourth-order valence-electron chi connectivity index (χ4n) is 2.10. The number of nitrogens with zero attached hydrogens (tertiary/aromatic N) is 2. The molecule has 0 aliphatic carbocycles. The zero-order chi connectivity index (χ0) is 17.7. The molecule has 1 aliphatic rings. The molecule has 0 bridgehead atoms. The van der Waals surface area contributed by atoms with E-state index in [0.29, 0.717) is 12.1 Å². The number of phenols is 1. The summed E-state index contributed by atoms with van der Waals surface area (Å²) in [5.74, 6) is -1.83. The quantitative estimate of drug-likeness (QED) is 0.632. The number of ether oxygens (including phenoxy) is 1. The molecule has 126 valence electrons. The van der Waals surface area contributed by atoms with E-state index in [1.54, 1.807) is 0 Å². The number of aromatic hydroxyl groups is 1. The zero-order valence-electron chi connectivity index (χ0n) is 11.4. The molecule has 0 saturated heterocycles. The Labute approximate surface area is 136 Å². The molecular formula is C13H6ClF4N3O3. The predicted molar refractivity (Wildman–Crippen MR) is 72.0 cm³/mol. The Morgan fingerprint density at radius 2 is 1.71 bits per heavy atom. The highest BCUT2D eigenvalue weighted by atomic mass is 35.5. The largest absolute Gasteiger partial charge is 0.506 e. The number of rotatable bonds is 2. The SMILES string of the molecule is O=C(Nc1cc2c(cc1O)C(F)(F)OC2(F)F)c1nccnc1Cl. The van der Waals surface area contributed by atoms with Crippen LogP contribution in [-0.2, 0) is 17.0 Å². The van der Waals surface area contributed by atoms with Crippen molar-refractivity contribution in [3.63, 3.8) is 0 Å². The van der Waals surface area contributed by atoms with E-state index in [1.807, 2.05) is 0 Å². The second-order valence-electron chi connectivity index (χ2n) is 4.70. The van der Waals surface area contributed by atoms with Crippen LogP contribution in [0.3, 0.4) is 0 Å². The van der Waals surface area contributed by atoms with Crippen LogP contribution in [0.2, 0.25) is 5.15 Å². The number of amides is 1. The van der Waals surface area contributed by atoms with E-state index in [0.717, 1.165) is 6.20 Å². The summed E-state index contributed by atoms with van der Waals surface area (Å²) in [5, 5.41) is 11.5. The van der Waals surface area contributed by atoms with Gasteiger partial charge in [0.2, 0.25) is 0 Å². The van der Waals surface area contributed by atoms with Gasteiger partial charge in [-0.15, -0.1) is 0 Å². The molecule has 2 N–H and O–H groups in total. The number of nitrogens with one attached hydrogen (secondary N) is 1. The number of hydrogen-bond acceptors (Lipinski definition) is 5. The summed E-state index contributed by atoms with van der Waals surface area (Å²) < 4.78 is 57.2. The van der Waals surface area contributed by atoms with Crippen molar-refractivity contribution < 1.29 is 32.2 Å². The van der Waals surface area contributed by atoms with Gasteiger partial charge in [-0.25, -0.2) is 14.7 Å². The summed E-state index contributed by atoms with van der Waals surface area (Å²) in [6, 6.07) is 0.887. The molecule has 0 unspecified atom stereocenters. The number of fused-ring (bicyclic) bond motifs is 1. The van der Waals surface area contributed by atoms with Gasteiger partial charge < -0.3 is 10.4 Å². The maximum Gasteiger partial charge on any atom is 0.388 e. The van der Waals surface area contributed by atoms with Gasteiger partial charge in [-0.2, -0.15) is 17.6 Å². The van der Waals surface area contributed by atoms with E-state index >= 15 is 0 Å². The van der Waals surface area contributed by atoms with Crippen LogP contribution in [0.5, 0.6) is 5.75 Å². The van der Waals surface area contributed by atoms with Crippen LogP contribution in [0, 0.1) is 0 Å². The van der Waals surface area contributed by atoms with Gasteiger partial charge in [0.25, 0.3) is 5.91 Å². The predicted octanol–water partition coefficient (Wildman–Crippen LogP) is 3.22. The first-order chi connectivity index (χ1) is 11.1. The summed E-state index contributed by atoms with van der Waals surface area (Å²) in [7, 11) is 0. The molecular weight excluding hydrogens is 358 g/mol. The van der Waals surface area contributed by atoms with Crippen molar-refractivity contribution in [1.82, 2.24) is 9.97 Å². The highest BCUT2D eigenvalue weighted by Gasteiger charge is 2.57. The molecule has 2 heterocycles. The van der Waals surface area contributed by atoms with Gasteiger partial charge in [0.05, 0.1) is 16.8 Å². The van der Waals surface area contributed by atoms with Gasteiger partial charge in [-0.3, -0.25) is 4.79 Å². The van der Waals surface area contributed by atoms with E-state index in [1.165, 1.54) is 6.20 Å². The Bertz CT molecular complexity index is 847. The third-order valence-electron chi connectivity index (χ3n) is 3.14. The Morgan fingerprint density at radius 3 is 2.33 bits per heavy atom. The average Bonchev–Trinajstić information content (AvgIpc) is 2.65. The third kappa shape index (κ3) is 2.63. The van der Waals surface area contributed by atoms with Crippen molar-refractivity contribution in [3.05, 3.63) is 46.5 Å². The summed E-state index contributed by atoms with van der Waals surface area (Å²) in [4.78, 5) is 19.3. The molecule has 3 rings (SSSR count). The Kier molecular flexibility index (Phi) is 3.61. The molecule has 0 spiro atoms. The molecule has 1 aromatic heterocycles. The van der Waals surface area contributed by atoms with Gasteiger partial charge in [0.1, 0.15) is 5.75 Å². The minimum atomic E-state index is -4.28. The normalized spacial score (nSPS) is 17.4. The van der Waals surface area contributed by atoms with Crippen LogP contribution >= 0.6 is 11.6 Å². The fraction of sp³-hybridized carbons (Fsp3) is 0.154. The molecule has 1 aromatic carbocycles. The van der Waals surface area contributed by atoms with Crippen LogP contribution < -0.4 is 5.32 Å². The van der Waals surface area contributed by atoms with Gasteiger partial charge in [0, 0.05) is 12.4 Å². The molecule has 6 nitrogen and oxygen atoms in total. The van der Waals surface area contributed by atoms with Gasteiger partial charge >= 0.3 is 12.2 Å². The van der Waals surface area contributed by atoms with Crippen LogP contribution in [0.1, 0.15) is 21.6 Å². The van der Waals surface area contributed by atoms with E-state index in [4.69, 9.17) is 11.6 Å². The Morgan fingerprint density at radius 1 is 1.12 bits per heavy atom. The summed E-state index contributed by atoms with van der Waals surface area (Å²) in [6.45, 7) is 0. The third-order valence-corrected chi connectivity index (χ3v) is 3.41. The number of alkyl halides is 4. The monoisotopic (exact) mass is 363 g/mol. The molecule has 11 heteroatoms. The number of benzene rings is 1. The topological polar surface area (TPSA) is 84.3 Å². The number of carbonyl (C=O) groups excluding carboxylic acids is 1. The fourth-order valence-corrected chi connectivity index (χ4v) is 2.29. The van der Waals surface area contributed by atoms with Gasteiger partial charge in [-0.1, -0.05) is 11.6 Å². The van der Waals surface area contributed by atoms with E-state index in [9.17, 15) is 27.5 Å². The molecule has 24 heavy (non-hydrogen) atoms. The lowest BCUT2D eigenvalue weighted by Crippen LogP contribution is -2.17. The lowest BCUT2D eigenvalue weighted by molar-refractivity contribution is -0.369. The molecule has 0 atom stereocenters. The summed E-state index contributed by atoms with van der Waals surface area (Å²) >= 11 is 5.67. The molecule has 1 amide bonds. The summed E-state index contributed by atoms with van der Waals surface area (Å²) in [6.07, 6.45) is -6.18. The van der Waals surface area contributed by atoms with Crippen molar-refractivity contribution in [2.75, 3.05) is 5.32 Å². The molecule has 0 fully saturated rings. The van der Waals surface area contributed by atoms with Crippen molar-refractivity contribution >= 4 is 23.2 Å². The second kappa shape index (κ2) is 5.28. The number of anilines is 1. The summed E-state index contributed by atoms with van der Waals surface area (Å²) in [5.41, 5.74) is -3.25. The van der Waals surface area contributed by atoms with E-state index in [2.05, 4.69) is 20.0 Å². The Hall–Kier alpha value is -2.46. The highest BCUT2D eigenvalue weighted by molar-refractivity contribution is 6.32.